The number of hydrogen-bond donors (Lipinski definition) is 0. The molecule has 36 heavy (non-hydrogen) atoms. The zero-order valence-corrected chi connectivity index (χ0v) is 19.2. The maximum Gasteiger partial charge on any atom is 0.138 e. The van der Waals surface area contributed by atoms with Crippen molar-refractivity contribution in [2.45, 2.75) is 0 Å². The van der Waals surface area contributed by atoms with Crippen molar-refractivity contribution in [1.29, 1.82) is 0 Å². The van der Waals surface area contributed by atoms with Crippen molar-refractivity contribution < 1.29 is 0 Å². The summed E-state index contributed by atoms with van der Waals surface area (Å²) in [6, 6.07) is 36.7. The summed E-state index contributed by atoms with van der Waals surface area (Å²) in [4.78, 5) is 9.94. The highest BCUT2D eigenvalue weighted by molar-refractivity contribution is 6.29. The Hall–Kier alpha value is -4.96. The normalized spacial score (nSPS) is 12.4. The van der Waals surface area contributed by atoms with Gasteiger partial charge < -0.3 is 4.40 Å². The van der Waals surface area contributed by atoms with Gasteiger partial charge in [0.05, 0.1) is 38.6 Å². The summed E-state index contributed by atoms with van der Waals surface area (Å²) in [5.74, 6) is 0.907. The third-order valence-electron chi connectivity index (χ3n) is 7.67. The highest BCUT2D eigenvalue weighted by Gasteiger charge is 2.24. The predicted molar refractivity (Wildman–Crippen MR) is 149 cm³/mol. The molecule has 0 amide bonds. The second-order valence-corrected chi connectivity index (χ2v) is 9.48. The first-order valence-corrected chi connectivity index (χ1v) is 12.2. The van der Waals surface area contributed by atoms with Crippen molar-refractivity contribution in [3.63, 3.8) is 0 Å². The van der Waals surface area contributed by atoms with Gasteiger partial charge >= 0.3 is 0 Å². The predicted octanol–water partition coefficient (Wildman–Crippen LogP) is 7.88. The van der Waals surface area contributed by atoms with Crippen molar-refractivity contribution in [1.82, 2.24) is 18.9 Å². The zero-order valence-electron chi connectivity index (χ0n) is 19.2. The SMILES string of the molecule is c1cnc2c(c1)ccc1ccc(-n3c4ccccc4c4c3c3c5ccccc5c5cccc4n53)nc12. The van der Waals surface area contributed by atoms with Crippen molar-refractivity contribution in [2.24, 2.45) is 0 Å². The molecule has 3 aromatic carbocycles. The Morgan fingerprint density at radius 2 is 1.22 bits per heavy atom. The number of aromatic nitrogens is 4. The molecule has 0 aliphatic rings. The largest absolute Gasteiger partial charge is 0.306 e. The van der Waals surface area contributed by atoms with Gasteiger partial charge in [0, 0.05) is 38.5 Å². The molecule has 4 nitrogen and oxygen atoms in total. The van der Waals surface area contributed by atoms with E-state index < -0.39 is 0 Å². The molecule has 0 bridgehead atoms. The monoisotopic (exact) mass is 458 g/mol. The second-order valence-electron chi connectivity index (χ2n) is 9.48. The summed E-state index contributed by atoms with van der Waals surface area (Å²) in [6.07, 6.45) is 1.85. The van der Waals surface area contributed by atoms with Crippen LogP contribution in [-0.2, 0) is 0 Å². The molecule has 0 N–H and O–H groups in total. The number of benzene rings is 3. The smallest absolute Gasteiger partial charge is 0.138 e. The van der Waals surface area contributed by atoms with Gasteiger partial charge in [-0.1, -0.05) is 66.7 Å². The van der Waals surface area contributed by atoms with Gasteiger partial charge in [-0.25, -0.2) is 4.98 Å². The molecule has 0 radical (unpaired) electrons. The van der Waals surface area contributed by atoms with Gasteiger partial charge in [-0.2, -0.15) is 0 Å². The van der Waals surface area contributed by atoms with Crippen LogP contribution in [0.4, 0.5) is 0 Å². The molecule has 9 rings (SSSR count). The first-order valence-electron chi connectivity index (χ1n) is 12.2. The number of para-hydroxylation sites is 1. The van der Waals surface area contributed by atoms with Crippen LogP contribution in [-0.4, -0.2) is 18.9 Å². The second kappa shape index (κ2) is 6.37. The first-order chi connectivity index (χ1) is 17.9. The number of pyridine rings is 3. The standard InChI is InChI=1S/C32H18N4/c1-2-9-22-21(8-1)24-12-5-13-26-28-23-10-3-4-11-25(23)36(32(28)31(22)35(24)26)27-17-16-20-15-14-19-7-6-18-33-29(19)30(20)34-27/h1-18H. The van der Waals surface area contributed by atoms with E-state index >= 15 is 0 Å². The Morgan fingerprint density at radius 1 is 0.500 bits per heavy atom. The van der Waals surface area contributed by atoms with Gasteiger partial charge in [-0.05, 0) is 36.4 Å². The topological polar surface area (TPSA) is 35.1 Å². The molecule has 0 saturated carbocycles. The lowest BCUT2D eigenvalue weighted by atomic mass is 10.1. The Balaban J connectivity index is 1.54. The summed E-state index contributed by atoms with van der Waals surface area (Å²) in [5, 5.41) is 7.25. The van der Waals surface area contributed by atoms with Crippen LogP contribution in [0.3, 0.4) is 0 Å². The van der Waals surface area contributed by atoms with Crippen LogP contribution in [0.5, 0.6) is 0 Å². The average Bonchev–Trinajstić information content (AvgIpc) is 3.57. The summed E-state index contributed by atoms with van der Waals surface area (Å²) in [5.41, 5.74) is 7.94. The molecule has 9 aromatic rings. The minimum atomic E-state index is 0.907. The van der Waals surface area contributed by atoms with E-state index in [1.807, 2.05) is 12.3 Å². The minimum absolute atomic E-state index is 0.907. The van der Waals surface area contributed by atoms with Crippen LogP contribution in [0, 0.1) is 0 Å². The molecule has 0 saturated heterocycles. The Kier molecular flexibility index (Phi) is 3.25. The van der Waals surface area contributed by atoms with Crippen LogP contribution in [0.15, 0.2) is 109 Å². The lowest BCUT2D eigenvalue weighted by Gasteiger charge is -2.09. The first kappa shape index (κ1) is 18.4. The lowest BCUT2D eigenvalue weighted by Crippen LogP contribution is -1.98. The third kappa shape index (κ3) is 2.11. The van der Waals surface area contributed by atoms with Crippen molar-refractivity contribution in [2.75, 3.05) is 0 Å². The molecule has 0 atom stereocenters. The van der Waals surface area contributed by atoms with Crippen LogP contribution in [0.1, 0.15) is 0 Å². The van der Waals surface area contributed by atoms with Crippen LogP contribution in [0.25, 0.3) is 76.8 Å². The van der Waals surface area contributed by atoms with Crippen LogP contribution >= 0.6 is 0 Å². The molecule has 166 valence electrons. The van der Waals surface area contributed by atoms with Crippen LogP contribution < -0.4 is 0 Å². The summed E-state index contributed by atoms with van der Waals surface area (Å²) in [6.45, 7) is 0. The fourth-order valence-corrected chi connectivity index (χ4v) is 6.22. The number of hydrogen-bond acceptors (Lipinski definition) is 2. The number of rotatable bonds is 1. The summed E-state index contributed by atoms with van der Waals surface area (Å²) in [7, 11) is 0. The molecule has 4 heteroatoms. The van der Waals surface area contributed by atoms with Gasteiger partial charge in [-0.3, -0.25) is 9.55 Å². The fraction of sp³-hybridized carbons (Fsp3) is 0. The van der Waals surface area contributed by atoms with Crippen molar-refractivity contribution in [3.05, 3.63) is 109 Å². The van der Waals surface area contributed by atoms with Crippen molar-refractivity contribution in [3.8, 4) is 5.82 Å². The zero-order chi connectivity index (χ0) is 23.4. The molecular formula is C32H18N4. The molecule has 0 spiro atoms. The molecule has 0 fully saturated rings. The highest BCUT2D eigenvalue weighted by Crippen LogP contribution is 2.44. The molecule has 0 aliphatic carbocycles. The van der Waals surface area contributed by atoms with E-state index in [2.05, 4.69) is 111 Å². The molecule has 0 unspecified atom stereocenters. The van der Waals surface area contributed by atoms with E-state index in [1.54, 1.807) is 0 Å². The van der Waals surface area contributed by atoms with Gasteiger partial charge in [0.25, 0.3) is 0 Å². The fourth-order valence-electron chi connectivity index (χ4n) is 6.22. The molecule has 6 aromatic heterocycles. The Labute approximate surface area is 205 Å². The van der Waals surface area contributed by atoms with E-state index in [4.69, 9.17) is 4.98 Å². The highest BCUT2D eigenvalue weighted by atomic mass is 15.1. The third-order valence-corrected chi connectivity index (χ3v) is 7.67. The lowest BCUT2D eigenvalue weighted by molar-refractivity contribution is 1.11. The Bertz CT molecular complexity index is 2320. The number of fused-ring (bicyclic) bond motifs is 11. The van der Waals surface area contributed by atoms with Crippen molar-refractivity contribution >= 4 is 70.9 Å². The van der Waals surface area contributed by atoms with Gasteiger partial charge in [0.15, 0.2) is 0 Å². The quantitative estimate of drug-likeness (QED) is 0.235. The molecule has 6 heterocycles. The van der Waals surface area contributed by atoms with E-state index in [1.165, 1.54) is 43.6 Å². The van der Waals surface area contributed by atoms with Crippen LogP contribution in [0.2, 0.25) is 0 Å². The minimum Gasteiger partial charge on any atom is -0.306 e. The van der Waals surface area contributed by atoms with E-state index in [9.17, 15) is 0 Å². The average molecular weight is 459 g/mol. The van der Waals surface area contributed by atoms with Gasteiger partial charge in [-0.15, -0.1) is 0 Å². The summed E-state index contributed by atoms with van der Waals surface area (Å²) < 4.78 is 4.77. The van der Waals surface area contributed by atoms with Gasteiger partial charge in [0.2, 0.25) is 0 Å². The van der Waals surface area contributed by atoms with Gasteiger partial charge in [0.1, 0.15) is 5.82 Å². The van der Waals surface area contributed by atoms with E-state index in [0.717, 1.165) is 33.1 Å². The maximum absolute atomic E-state index is 5.26. The van der Waals surface area contributed by atoms with E-state index in [-0.39, 0.29) is 0 Å². The molecule has 0 aliphatic heterocycles. The Morgan fingerprint density at radius 3 is 2.14 bits per heavy atom. The maximum atomic E-state index is 5.26. The van der Waals surface area contributed by atoms with E-state index in [0.29, 0.717) is 0 Å². The number of nitrogens with zero attached hydrogens (tertiary/aromatic N) is 4. The summed E-state index contributed by atoms with van der Waals surface area (Å²) >= 11 is 0. The molecular weight excluding hydrogens is 440 g/mol.